The van der Waals surface area contributed by atoms with Gasteiger partial charge in [0.05, 0.1) is 0 Å². The second kappa shape index (κ2) is 6.92. The Balaban J connectivity index is 2.66. The number of hydrogen-bond acceptors (Lipinski definition) is 3. The molecule has 0 radical (unpaired) electrons. The van der Waals surface area contributed by atoms with E-state index in [1.807, 2.05) is 0 Å². The van der Waals surface area contributed by atoms with Crippen molar-refractivity contribution in [1.82, 2.24) is 0 Å². The molecule has 18 heavy (non-hydrogen) atoms. The largest absolute Gasteiger partial charge is 0.288 e. The van der Waals surface area contributed by atoms with Gasteiger partial charge >= 0.3 is 0 Å². The number of allylic oxidation sites excluding steroid dienone is 1. The first-order chi connectivity index (χ1) is 8.54. The lowest BCUT2D eigenvalue weighted by molar-refractivity contribution is -0.109. The van der Waals surface area contributed by atoms with E-state index in [0.29, 0.717) is 17.7 Å². The Bertz CT molecular complexity index is 497. The van der Waals surface area contributed by atoms with Crippen LogP contribution in [0.15, 0.2) is 18.2 Å². The summed E-state index contributed by atoms with van der Waals surface area (Å²) in [5.74, 6) is -1.10. The molecule has 94 valence electrons. The summed E-state index contributed by atoms with van der Waals surface area (Å²) in [5, 5.41) is 8.55. The fourth-order valence-corrected chi connectivity index (χ4v) is 1.83. The number of nitrogens with zero attached hydrogens (tertiary/aromatic N) is 1. The highest BCUT2D eigenvalue weighted by molar-refractivity contribution is 8.13. The molecule has 0 bridgehead atoms. The van der Waals surface area contributed by atoms with E-state index in [1.54, 1.807) is 12.2 Å². The second-order valence-corrected chi connectivity index (χ2v) is 4.77. The van der Waals surface area contributed by atoms with Gasteiger partial charge in [0.2, 0.25) is 0 Å². The van der Waals surface area contributed by atoms with Crippen molar-refractivity contribution >= 4 is 23.0 Å². The van der Waals surface area contributed by atoms with E-state index in [1.165, 1.54) is 24.8 Å². The molecule has 0 fully saturated rings. The van der Waals surface area contributed by atoms with Crippen molar-refractivity contribution in [1.29, 1.82) is 5.26 Å². The highest BCUT2D eigenvalue weighted by Crippen LogP contribution is 2.16. The lowest BCUT2D eigenvalue weighted by Crippen LogP contribution is -1.91. The minimum atomic E-state index is -0.865. The van der Waals surface area contributed by atoms with Gasteiger partial charge in [-0.3, -0.25) is 4.79 Å². The first-order valence-corrected chi connectivity index (χ1v) is 6.22. The Morgan fingerprint density at radius 2 is 2.06 bits per heavy atom. The zero-order valence-electron chi connectivity index (χ0n) is 9.74. The number of benzene rings is 1. The summed E-state index contributed by atoms with van der Waals surface area (Å²) in [6.45, 7) is 1.49. The van der Waals surface area contributed by atoms with Crippen LogP contribution in [0.2, 0.25) is 0 Å². The third-order valence-corrected chi connectivity index (χ3v) is 2.92. The molecule has 0 spiro atoms. The predicted molar refractivity (Wildman–Crippen MR) is 67.9 cm³/mol. The summed E-state index contributed by atoms with van der Waals surface area (Å²) in [6, 6.07) is 3.68. The molecule has 0 aliphatic carbocycles. The van der Waals surface area contributed by atoms with Gasteiger partial charge in [-0.15, -0.1) is 0 Å². The zero-order valence-corrected chi connectivity index (χ0v) is 10.6. The Kier molecular flexibility index (Phi) is 5.53. The number of nitriles is 1. The average molecular weight is 267 g/mol. The molecular formula is C13H11F2NOS. The Labute approximate surface area is 108 Å². The molecule has 0 aliphatic rings. The molecule has 0 aromatic heterocycles. The van der Waals surface area contributed by atoms with Crippen LogP contribution in [0, 0.1) is 23.0 Å². The molecule has 0 atom stereocenters. The van der Waals surface area contributed by atoms with Crippen molar-refractivity contribution in [2.45, 2.75) is 13.3 Å². The van der Waals surface area contributed by atoms with E-state index in [9.17, 15) is 13.6 Å². The number of rotatable bonds is 4. The van der Waals surface area contributed by atoms with Crippen LogP contribution < -0.4 is 0 Å². The van der Waals surface area contributed by atoms with Crippen LogP contribution in [0.1, 0.15) is 24.5 Å². The molecule has 2 nitrogen and oxygen atoms in total. The lowest BCUT2D eigenvalue weighted by atomic mass is 10.1. The predicted octanol–water partition coefficient (Wildman–Crippen LogP) is 3.52. The lowest BCUT2D eigenvalue weighted by Gasteiger charge is -1.99. The number of thioether (sulfide) groups is 1. The zero-order chi connectivity index (χ0) is 13.5. The maximum atomic E-state index is 13.2. The molecule has 0 saturated carbocycles. The second-order valence-electron chi connectivity index (χ2n) is 3.50. The molecule has 0 saturated heterocycles. The molecular weight excluding hydrogens is 256 g/mol. The van der Waals surface area contributed by atoms with E-state index in [0.717, 1.165) is 12.1 Å². The van der Waals surface area contributed by atoms with Gasteiger partial charge in [0.1, 0.15) is 23.3 Å². The summed E-state index contributed by atoms with van der Waals surface area (Å²) >= 11 is 1.20. The fourth-order valence-electron chi connectivity index (χ4n) is 1.29. The normalized spacial score (nSPS) is 10.6. The van der Waals surface area contributed by atoms with Gasteiger partial charge in [-0.2, -0.15) is 5.26 Å². The van der Waals surface area contributed by atoms with Crippen LogP contribution in [0.5, 0.6) is 0 Å². The molecule has 0 amide bonds. The van der Waals surface area contributed by atoms with Crippen LogP contribution in [-0.4, -0.2) is 10.9 Å². The summed E-state index contributed by atoms with van der Waals surface area (Å²) in [5.41, 5.74) is -0.212. The van der Waals surface area contributed by atoms with Gasteiger partial charge in [-0.25, -0.2) is 8.78 Å². The molecule has 1 rings (SSSR count). The maximum absolute atomic E-state index is 13.2. The number of halogens is 2. The van der Waals surface area contributed by atoms with Crippen LogP contribution in [-0.2, 0) is 4.79 Å². The fraction of sp³-hybridized carbons (Fsp3) is 0.231. The third kappa shape index (κ3) is 4.30. The first kappa shape index (κ1) is 14.4. The van der Waals surface area contributed by atoms with Gasteiger partial charge in [0.15, 0.2) is 5.12 Å². The smallest absolute Gasteiger partial charge is 0.185 e. The van der Waals surface area contributed by atoms with Gasteiger partial charge in [0, 0.05) is 12.7 Å². The molecule has 0 aliphatic heterocycles. The monoisotopic (exact) mass is 267 g/mol. The molecule has 0 heterocycles. The Morgan fingerprint density at radius 3 is 2.56 bits per heavy atom. The molecule has 5 heteroatoms. The molecule has 1 aromatic rings. The summed E-state index contributed by atoms with van der Waals surface area (Å²) in [4.78, 5) is 10.6. The van der Waals surface area contributed by atoms with E-state index in [-0.39, 0.29) is 5.12 Å². The van der Waals surface area contributed by atoms with Gasteiger partial charge < -0.3 is 0 Å². The van der Waals surface area contributed by atoms with Gasteiger partial charge in [-0.05, 0) is 24.1 Å². The van der Waals surface area contributed by atoms with Crippen molar-refractivity contribution in [3.05, 3.63) is 41.0 Å². The number of carbonyl (C=O) groups excluding carboxylic acids is 1. The van der Waals surface area contributed by atoms with Crippen LogP contribution >= 0.6 is 11.8 Å². The minimum Gasteiger partial charge on any atom is -0.288 e. The molecule has 0 N–H and O–H groups in total. The highest BCUT2D eigenvalue weighted by atomic mass is 32.2. The Morgan fingerprint density at radius 1 is 1.44 bits per heavy atom. The van der Waals surface area contributed by atoms with Crippen molar-refractivity contribution in [3.8, 4) is 6.07 Å². The number of hydrogen-bond donors (Lipinski definition) is 0. The van der Waals surface area contributed by atoms with Crippen molar-refractivity contribution in [2.24, 2.45) is 0 Å². The summed E-state index contributed by atoms with van der Waals surface area (Å²) in [7, 11) is 0. The van der Waals surface area contributed by atoms with Crippen molar-refractivity contribution in [3.63, 3.8) is 0 Å². The van der Waals surface area contributed by atoms with Crippen LogP contribution in [0.4, 0.5) is 8.78 Å². The van der Waals surface area contributed by atoms with Gasteiger partial charge in [-0.1, -0.05) is 23.9 Å². The topological polar surface area (TPSA) is 40.9 Å². The highest BCUT2D eigenvalue weighted by Gasteiger charge is 2.08. The number of carbonyl (C=O) groups is 1. The SMILES string of the molecule is CC(=O)SCCC=Cc1cc(F)c(C#N)c(F)c1. The third-order valence-electron chi connectivity index (χ3n) is 2.08. The van der Waals surface area contributed by atoms with E-state index < -0.39 is 17.2 Å². The van der Waals surface area contributed by atoms with Crippen molar-refractivity contribution in [2.75, 3.05) is 5.75 Å². The first-order valence-electron chi connectivity index (χ1n) is 5.23. The van der Waals surface area contributed by atoms with E-state index >= 15 is 0 Å². The van der Waals surface area contributed by atoms with Gasteiger partial charge in [0.25, 0.3) is 0 Å². The van der Waals surface area contributed by atoms with Crippen molar-refractivity contribution < 1.29 is 13.6 Å². The van der Waals surface area contributed by atoms with Crippen LogP contribution in [0.25, 0.3) is 6.08 Å². The summed E-state index contributed by atoms with van der Waals surface area (Å²) < 4.78 is 26.5. The Hall–Kier alpha value is -1.67. The average Bonchev–Trinajstić information content (AvgIpc) is 2.27. The minimum absolute atomic E-state index is 0.0406. The molecule has 1 aromatic carbocycles. The summed E-state index contributed by atoms with van der Waals surface area (Å²) in [6.07, 6.45) is 3.93. The van der Waals surface area contributed by atoms with E-state index in [2.05, 4.69) is 0 Å². The molecule has 0 unspecified atom stereocenters. The maximum Gasteiger partial charge on any atom is 0.185 e. The van der Waals surface area contributed by atoms with Crippen LogP contribution in [0.3, 0.4) is 0 Å². The van der Waals surface area contributed by atoms with E-state index in [4.69, 9.17) is 5.26 Å². The standard InChI is InChI=1S/C13H11F2NOS/c1-9(17)18-5-3-2-4-10-6-12(14)11(8-16)13(15)7-10/h2,4,6-7H,3,5H2,1H3. The quantitative estimate of drug-likeness (QED) is 0.784.